The van der Waals surface area contributed by atoms with Crippen LogP contribution in [0.1, 0.15) is 30.1 Å². The van der Waals surface area contributed by atoms with Crippen LogP contribution < -0.4 is 0 Å². The Morgan fingerprint density at radius 1 is 1.29 bits per heavy atom. The molecule has 3 rings (SSSR count). The van der Waals surface area contributed by atoms with Crippen LogP contribution in [0.4, 0.5) is 0 Å². The summed E-state index contributed by atoms with van der Waals surface area (Å²) < 4.78 is 5.42. The lowest BCUT2D eigenvalue weighted by molar-refractivity contribution is -0.107. The van der Waals surface area contributed by atoms with Gasteiger partial charge in [-0.15, -0.1) is 0 Å². The van der Waals surface area contributed by atoms with Crippen LogP contribution in [0.25, 0.3) is 11.3 Å². The van der Waals surface area contributed by atoms with E-state index in [4.69, 9.17) is 4.52 Å². The van der Waals surface area contributed by atoms with Crippen molar-refractivity contribution in [3.63, 3.8) is 0 Å². The van der Waals surface area contributed by atoms with Gasteiger partial charge in [0.25, 0.3) is 0 Å². The first-order valence-corrected chi connectivity index (χ1v) is 5.87. The zero-order chi connectivity index (χ0) is 11.7. The van der Waals surface area contributed by atoms with Gasteiger partial charge in [0.1, 0.15) is 17.7 Å². The van der Waals surface area contributed by atoms with E-state index in [1.54, 1.807) is 0 Å². The second kappa shape index (κ2) is 4.17. The molecule has 3 heteroatoms. The molecule has 0 N–H and O–H groups in total. The summed E-state index contributed by atoms with van der Waals surface area (Å²) in [6, 6.07) is 9.87. The average molecular weight is 227 g/mol. The number of aromatic nitrogens is 1. The van der Waals surface area contributed by atoms with E-state index in [1.165, 1.54) is 0 Å². The molecule has 3 nitrogen and oxygen atoms in total. The summed E-state index contributed by atoms with van der Waals surface area (Å²) >= 11 is 0. The van der Waals surface area contributed by atoms with Crippen molar-refractivity contribution in [2.24, 2.45) is 0 Å². The van der Waals surface area contributed by atoms with Gasteiger partial charge in [-0.2, -0.15) is 0 Å². The van der Waals surface area contributed by atoms with Gasteiger partial charge >= 0.3 is 0 Å². The predicted molar refractivity (Wildman–Crippen MR) is 63.7 cm³/mol. The maximum absolute atomic E-state index is 10.8. The summed E-state index contributed by atoms with van der Waals surface area (Å²) in [7, 11) is 0. The molecular formula is C14H13NO2. The number of carbonyl (C=O) groups excluding carboxylic acids is 1. The van der Waals surface area contributed by atoms with Crippen molar-refractivity contribution in [3.05, 3.63) is 41.7 Å². The lowest BCUT2D eigenvalue weighted by atomic mass is 10.0. The summed E-state index contributed by atoms with van der Waals surface area (Å²) in [5, 5.41) is 4.13. The second-order valence-corrected chi connectivity index (χ2v) is 4.39. The fourth-order valence-corrected chi connectivity index (χ4v) is 2.09. The van der Waals surface area contributed by atoms with E-state index in [1.807, 2.05) is 30.3 Å². The van der Waals surface area contributed by atoms with Crippen LogP contribution in [0.3, 0.4) is 0 Å². The number of aldehydes is 1. The maximum Gasteiger partial charge on any atom is 0.144 e. The highest BCUT2D eigenvalue weighted by Gasteiger charge is 2.32. The highest BCUT2D eigenvalue weighted by atomic mass is 16.5. The summed E-state index contributed by atoms with van der Waals surface area (Å²) in [5.74, 6) is 1.39. The van der Waals surface area contributed by atoms with Crippen molar-refractivity contribution in [2.75, 3.05) is 0 Å². The Balaban J connectivity index is 2.07. The SMILES string of the molecule is O=CCc1c(-c2ccccc2)noc1C1CC1. The van der Waals surface area contributed by atoms with Crippen LogP contribution in [-0.4, -0.2) is 11.4 Å². The van der Waals surface area contributed by atoms with Crippen molar-refractivity contribution in [2.45, 2.75) is 25.2 Å². The minimum Gasteiger partial charge on any atom is -0.360 e. The van der Waals surface area contributed by atoms with Crippen LogP contribution in [0.5, 0.6) is 0 Å². The van der Waals surface area contributed by atoms with E-state index in [9.17, 15) is 4.79 Å². The Hall–Kier alpha value is -1.90. The van der Waals surface area contributed by atoms with Gasteiger partial charge in [0.2, 0.25) is 0 Å². The van der Waals surface area contributed by atoms with E-state index in [0.29, 0.717) is 12.3 Å². The normalized spacial score (nSPS) is 14.8. The van der Waals surface area contributed by atoms with Crippen molar-refractivity contribution in [1.82, 2.24) is 5.16 Å². The van der Waals surface area contributed by atoms with Gasteiger partial charge in [-0.1, -0.05) is 35.5 Å². The molecule has 1 fully saturated rings. The summed E-state index contributed by atoms with van der Waals surface area (Å²) in [5.41, 5.74) is 2.80. The quantitative estimate of drug-likeness (QED) is 0.754. The van der Waals surface area contributed by atoms with E-state index >= 15 is 0 Å². The van der Waals surface area contributed by atoms with Gasteiger partial charge in [-0.05, 0) is 12.8 Å². The first kappa shape index (κ1) is 10.3. The number of hydrogen-bond acceptors (Lipinski definition) is 3. The molecule has 1 heterocycles. The lowest BCUT2D eigenvalue weighted by Crippen LogP contribution is -1.92. The largest absolute Gasteiger partial charge is 0.360 e. The van der Waals surface area contributed by atoms with Gasteiger partial charge in [-0.25, -0.2) is 0 Å². The Labute approximate surface area is 99.4 Å². The van der Waals surface area contributed by atoms with Gasteiger partial charge in [0, 0.05) is 23.5 Å². The molecule has 17 heavy (non-hydrogen) atoms. The van der Waals surface area contributed by atoms with Gasteiger partial charge < -0.3 is 9.32 Å². The minimum atomic E-state index is 0.388. The predicted octanol–water partition coefficient (Wildman–Crippen LogP) is 2.96. The number of nitrogens with zero attached hydrogens (tertiary/aromatic N) is 1. The van der Waals surface area contributed by atoms with Crippen LogP contribution in [0, 0.1) is 0 Å². The maximum atomic E-state index is 10.8. The van der Waals surface area contributed by atoms with Gasteiger partial charge in [-0.3, -0.25) is 0 Å². The molecule has 86 valence electrons. The molecule has 1 aromatic heterocycles. The van der Waals surface area contributed by atoms with Crippen molar-refractivity contribution in [1.29, 1.82) is 0 Å². The highest BCUT2D eigenvalue weighted by molar-refractivity contribution is 5.69. The number of benzene rings is 1. The van der Waals surface area contributed by atoms with E-state index < -0.39 is 0 Å². The van der Waals surface area contributed by atoms with Crippen LogP contribution in [0.15, 0.2) is 34.9 Å². The molecule has 1 saturated carbocycles. The number of hydrogen-bond donors (Lipinski definition) is 0. The zero-order valence-corrected chi connectivity index (χ0v) is 9.43. The Morgan fingerprint density at radius 2 is 2.06 bits per heavy atom. The molecule has 1 aliphatic carbocycles. The fourth-order valence-electron chi connectivity index (χ4n) is 2.09. The van der Waals surface area contributed by atoms with E-state index in [2.05, 4.69) is 5.16 Å². The molecule has 0 amide bonds. The van der Waals surface area contributed by atoms with E-state index in [-0.39, 0.29) is 0 Å². The molecule has 0 spiro atoms. The third-order valence-corrected chi connectivity index (χ3v) is 3.10. The standard InChI is InChI=1S/C14H13NO2/c16-9-8-12-13(10-4-2-1-3-5-10)15-17-14(12)11-6-7-11/h1-5,9,11H,6-8H2. The van der Waals surface area contributed by atoms with E-state index in [0.717, 1.165) is 41.7 Å². The molecule has 0 aliphatic heterocycles. The average Bonchev–Trinajstić information content (AvgIpc) is 3.13. The molecule has 1 aromatic carbocycles. The third kappa shape index (κ3) is 1.88. The molecular weight excluding hydrogens is 214 g/mol. The van der Waals surface area contributed by atoms with Crippen LogP contribution >= 0.6 is 0 Å². The fraction of sp³-hybridized carbons (Fsp3) is 0.286. The van der Waals surface area contributed by atoms with Gasteiger partial charge in [0.05, 0.1) is 0 Å². The minimum absolute atomic E-state index is 0.388. The summed E-state index contributed by atoms with van der Waals surface area (Å²) in [4.78, 5) is 10.8. The number of rotatable bonds is 4. The van der Waals surface area contributed by atoms with Gasteiger partial charge in [0.15, 0.2) is 0 Å². The first-order valence-electron chi connectivity index (χ1n) is 5.87. The molecule has 0 saturated heterocycles. The number of carbonyl (C=O) groups is 1. The molecule has 0 radical (unpaired) electrons. The molecule has 0 bridgehead atoms. The smallest absolute Gasteiger partial charge is 0.144 e. The molecule has 0 atom stereocenters. The Kier molecular flexibility index (Phi) is 2.52. The van der Waals surface area contributed by atoms with Crippen LogP contribution in [-0.2, 0) is 11.2 Å². The van der Waals surface area contributed by atoms with Crippen molar-refractivity contribution < 1.29 is 9.32 Å². The zero-order valence-electron chi connectivity index (χ0n) is 9.43. The molecule has 0 unspecified atom stereocenters. The second-order valence-electron chi connectivity index (χ2n) is 4.39. The Bertz CT molecular complexity index is 526. The summed E-state index contributed by atoms with van der Waals surface area (Å²) in [6.07, 6.45) is 3.61. The van der Waals surface area contributed by atoms with Crippen molar-refractivity contribution in [3.8, 4) is 11.3 Å². The molecule has 2 aromatic rings. The monoisotopic (exact) mass is 227 g/mol. The van der Waals surface area contributed by atoms with Crippen molar-refractivity contribution >= 4 is 6.29 Å². The lowest BCUT2D eigenvalue weighted by Gasteiger charge is -1.99. The highest BCUT2D eigenvalue weighted by Crippen LogP contribution is 2.43. The first-order chi connectivity index (χ1) is 8.40. The van der Waals surface area contributed by atoms with Crippen LogP contribution in [0.2, 0.25) is 0 Å². The third-order valence-electron chi connectivity index (χ3n) is 3.10. The molecule has 1 aliphatic rings. The topological polar surface area (TPSA) is 43.1 Å². The summed E-state index contributed by atoms with van der Waals surface area (Å²) in [6.45, 7) is 0. The Morgan fingerprint density at radius 3 is 2.71 bits per heavy atom.